The van der Waals surface area contributed by atoms with E-state index in [1.165, 1.54) is 26.2 Å². The highest BCUT2D eigenvalue weighted by Crippen LogP contribution is 2.30. The highest BCUT2D eigenvalue weighted by Gasteiger charge is 2.24. The van der Waals surface area contributed by atoms with Crippen LogP contribution in [-0.2, 0) is 11.3 Å². The van der Waals surface area contributed by atoms with E-state index in [-0.39, 0.29) is 28.4 Å². The van der Waals surface area contributed by atoms with Gasteiger partial charge < -0.3 is 25.5 Å². The van der Waals surface area contributed by atoms with E-state index in [2.05, 4.69) is 20.6 Å². The first-order chi connectivity index (χ1) is 20.2. The molecule has 0 saturated heterocycles. The Morgan fingerprint density at radius 1 is 0.881 bits per heavy atom. The largest absolute Gasteiger partial charge is 0.506 e. The van der Waals surface area contributed by atoms with Gasteiger partial charge in [0, 0.05) is 42.0 Å². The lowest BCUT2D eigenvalue weighted by atomic mass is 9.98. The summed E-state index contributed by atoms with van der Waals surface area (Å²) < 4.78 is 33.2. The number of anilines is 2. The van der Waals surface area contributed by atoms with E-state index in [4.69, 9.17) is 4.74 Å². The number of aliphatic hydroxyl groups is 1. The van der Waals surface area contributed by atoms with E-state index in [1.54, 1.807) is 24.3 Å². The minimum Gasteiger partial charge on any atom is -0.506 e. The standard InChI is InChI=1S/C32H26F2N4O4/c1-18(39)36-24-7-3-19(4-8-24)17-35-25-9-12-27-28(16-25)38-32(37-27)29(30(40)20-5-10-26(42-2)11-6-20)31(41)21-13-22(33)15-23(34)14-21/h3-16,35,41H,17H2,1-2H3,(H,36,39)(H,37,38)/b31-29+. The number of ether oxygens (including phenoxy) is 1. The summed E-state index contributed by atoms with van der Waals surface area (Å²) in [5, 5.41) is 17.2. The predicted octanol–water partition coefficient (Wildman–Crippen LogP) is 6.73. The Kier molecular flexibility index (Phi) is 7.96. The van der Waals surface area contributed by atoms with Crippen molar-refractivity contribution in [1.29, 1.82) is 0 Å². The second kappa shape index (κ2) is 11.9. The van der Waals surface area contributed by atoms with Crippen LogP contribution in [0.15, 0.2) is 84.9 Å². The molecule has 0 radical (unpaired) electrons. The maximum Gasteiger partial charge on any atom is 0.221 e. The first-order valence-corrected chi connectivity index (χ1v) is 12.9. The lowest BCUT2D eigenvalue weighted by Crippen LogP contribution is -2.08. The molecule has 1 amide bonds. The summed E-state index contributed by atoms with van der Waals surface area (Å²) in [4.78, 5) is 32.5. The zero-order valence-corrected chi connectivity index (χ0v) is 22.7. The molecule has 212 valence electrons. The van der Waals surface area contributed by atoms with Crippen molar-refractivity contribution in [2.24, 2.45) is 0 Å². The second-order valence-corrected chi connectivity index (χ2v) is 9.49. The number of benzene rings is 4. The number of carbonyl (C=O) groups excluding carboxylic acids is 2. The smallest absolute Gasteiger partial charge is 0.221 e. The zero-order valence-electron chi connectivity index (χ0n) is 22.7. The van der Waals surface area contributed by atoms with Crippen molar-refractivity contribution in [3.8, 4) is 5.75 Å². The molecule has 0 aliphatic rings. The first kappa shape index (κ1) is 28.0. The van der Waals surface area contributed by atoms with Crippen molar-refractivity contribution >= 4 is 45.4 Å². The SMILES string of the molecule is COc1ccc(C(=O)/C(=C(\O)c2cc(F)cc(F)c2)c2nc3ccc(NCc4ccc(NC(C)=O)cc4)cc3[nH]2)cc1. The molecule has 0 aliphatic heterocycles. The van der Waals surface area contributed by atoms with Crippen LogP contribution in [0.4, 0.5) is 20.2 Å². The van der Waals surface area contributed by atoms with Crippen LogP contribution < -0.4 is 15.4 Å². The van der Waals surface area contributed by atoms with E-state index in [9.17, 15) is 23.5 Å². The fourth-order valence-electron chi connectivity index (χ4n) is 4.40. The molecule has 0 fully saturated rings. The molecule has 0 saturated carbocycles. The van der Waals surface area contributed by atoms with Crippen LogP contribution in [-0.4, -0.2) is 33.9 Å². The topological polar surface area (TPSA) is 116 Å². The third kappa shape index (κ3) is 6.28. The van der Waals surface area contributed by atoms with Gasteiger partial charge in [0.15, 0.2) is 0 Å². The summed E-state index contributed by atoms with van der Waals surface area (Å²) in [6, 6.07) is 21.5. The maximum atomic E-state index is 14.0. The van der Waals surface area contributed by atoms with E-state index in [1.807, 2.05) is 30.3 Å². The van der Waals surface area contributed by atoms with Crippen molar-refractivity contribution in [2.75, 3.05) is 17.7 Å². The van der Waals surface area contributed by atoms with E-state index in [0.29, 0.717) is 35.1 Å². The number of carbonyl (C=O) groups is 2. The molecule has 5 aromatic rings. The van der Waals surface area contributed by atoms with Crippen molar-refractivity contribution in [1.82, 2.24) is 9.97 Å². The number of fused-ring (bicyclic) bond motifs is 1. The molecule has 5 rings (SSSR count). The van der Waals surface area contributed by atoms with Gasteiger partial charge in [0.25, 0.3) is 0 Å². The summed E-state index contributed by atoms with van der Waals surface area (Å²) in [5.41, 5.74) is 3.26. The van der Waals surface area contributed by atoms with Gasteiger partial charge in [0.2, 0.25) is 11.7 Å². The fourth-order valence-corrected chi connectivity index (χ4v) is 4.40. The van der Waals surface area contributed by atoms with Gasteiger partial charge in [0.1, 0.15) is 34.5 Å². The van der Waals surface area contributed by atoms with E-state index in [0.717, 1.165) is 23.4 Å². The lowest BCUT2D eigenvalue weighted by molar-refractivity contribution is -0.114. The van der Waals surface area contributed by atoms with Gasteiger partial charge in [-0.2, -0.15) is 0 Å². The summed E-state index contributed by atoms with van der Waals surface area (Å²) in [6.07, 6.45) is 0. The number of aromatic amines is 1. The van der Waals surface area contributed by atoms with Crippen molar-refractivity contribution in [3.63, 3.8) is 0 Å². The Morgan fingerprint density at radius 2 is 1.55 bits per heavy atom. The van der Waals surface area contributed by atoms with E-state index < -0.39 is 23.2 Å². The first-order valence-electron chi connectivity index (χ1n) is 12.9. The van der Waals surface area contributed by atoms with Gasteiger partial charge in [-0.05, 0) is 72.3 Å². The number of H-pyrrole nitrogens is 1. The maximum absolute atomic E-state index is 14.0. The number of aromatic nitrogens is 2. The number of rotatable bonds is 9. The fraction of sp³-hybridized carbons (Fsp3) is 0.0938. The summed E-state index contributed by atoms with van der Waals surface area (Å²) in [6.45, 7) is 1.95. The Labute approximate surface area is 239 Å². The molecule has 0 atom stereocenters. The number of nitrogens with zero attached hydrogens (tertiary/aromatic N) is 1. The van der Waals surface area contributed by atoms with E-state index >= 15 is 0 Å². The number of amides is 1. The Morgan fingerprint density at radius 3 is 2.19 bits per heavy atom. The molecule has 0 unspecified atom stereocenters. The normalized spacial score (nSPS) is 11.6. The molecular formula is C32H26F2N4O4. The van der Waals surface area contributed by atoms with Crippen LogP contribution >= 0.6 is 0 Å². The number of methoxy groups -OCH3 is 1. The molecule has 4 N–H and O–H groups in total. The van der Waals surface area contributed by atoms with Gasteiger partial charge in [-0.3, -0.25) is 9.59 Å². The average Bonchev–Trinajstić information content (AvgIpc) is 3.39. The van der Waals surface area contributed by atoms with Crippen molar-refractivity contribution in [3.05, 3.63) is 119 Å². The van der Waals surface area contributed by atoms with Crippen LogP contribution in [0, 0.1) is 11.6 Å². The minimum atomic E-state index is -0.905. The average molecular weight is 569 g/mol. The highest BCUT2D eigenvalue weighted by atomic mass is 19.1. The molecular weight excluding hydrogens is 542 g/mol. The minimum absolute atomic E-state index is 0.0266. The van der Waals surface area contributed by atoms with Crippen LogP contribution in [0.1, 0.15) is 34.2 Å². The second-order valence-electron chi connectivity index (χ2n) is 9.49. The summed E-state index contributed by atoms with van der Waals surface area (Å²) >= 11 is 0. The van der Waals surface area contributed by atoms with Crippen molar-refractivity contribution < 1.29 is 28.2 Å². The number of aliphatic hydroxyl groups excluding tert-OH is 1. The summed E-state index contributed by atoms with van der Waals surface area (Å²) in [7, 11) is 1.49. The molecule has 0 bridgehead atoms. The van der Waals surface area contributed by atoms with Crippen LogP contribution in [0.2, 0.25) is 0 Å². The number of ketones is 1. The molecule has 1 heterocycles. The molecule has 4 aromatic carbocycles. The number of Topliss-reactive ketones (excluding diaryl/α,β-unsaturated/α-hetero) is 1. The molecule has 0 spiro atoms. The monoisotopic (exact) mass is 568 g/mol. The summed E-state index contributed by atoms with van der Waals surface area (Å²) in [5.74, 6) is -2.64. The lowest BCUT2D eigenvalue weighted by Gasteiger charge is -2.10. The molecule has 0 aliphatic carbocycles. The van der Waals surface area contributed by atoms with Crippen molar-refractivity contribution in [2.45, 2.75) is 13.5 Å². The van der Waals surface area contributed by atoms with Gasteiger partial charge in [0.05, 0.1) is 18.1 Å². The Hall–Kier alpha value is -5.51. The van der Waals surface area contributed by atoms with Crippen LogP contribution in [0.5, 0.6) is 5.75 Å². The number of nitrogens with one attached hydrogen (secondary N) is 3. The quantitative estimate of drug-likeness (QED) is 0.0890. The third-order valence-electron chi connectivity index (χ3n) is 6.44. The van der Waals surface area contributed by atoms with Crippen LogP contribution in [0.3, 0.4) is 0 Å². The molecule has 8 nitrogen and oxygen atoms in total. The zero-order chi connectivity index (χ0) is 29.8. The number of halogens is 2. The predicted molar refractivity (Wildman–Crippen MR) is 157 cm³/mol. The van der Waals surface area contributed by atoms with Crippen LogP contribution in [0.25, 0.3) is 22.4 Å². The number of imidazole rings is 1. The van der Waals surface area contributed by atoms with Gasteiger partial charge in [-0.1, -0.05) is 12.1 Å². The number of hydrogen-bond donors (Lipinski definition) is 4. The Balaban J connectivity index is 1.48. The van der Waals surface area contributed by atoms with Gasteiger partial charge in [-0.15, -0.1) is 0 Å². The van der Waals surface area contributed by atoms with Gasteiger partial charge in [-0.25, -0.2) is 13.8 Å². The third-order valence-corrected chi connectivity index (χ3v) is 6.44. The molecule has 10 heteroatoms. The Bertz CT molecular complexity index is 1790. The highest BCUT2D eigenvalue weighted by molar-refractivity contribution is 6.33. The molecule has 1 aromatic heterocycles. The van der Waals surface area contributed by atoms with Gasteiger partial charge >= 0.3 is 0 Å². The number of allylic oxidation sites excluding steroid dienone is 1. The number of hydrogen-bond acceptors (Lipinski definition) is 6. The molecule has 42 heavy (non-hydrogen) atoms.